The molecule has 0 amide bonds. The van der Waals surface area contributed by atoms with Crippen LogP contribution in [0.5, 0.6) is 0 Å². The Hall–Kier alpha value is -2.23. The van der Waals surface area contributed by atoms with E-state index in [2.05, 4.69) is 0 Å². The summed E-state index contributed by atoms with van der Waals surface area (Å²) in [5.74, 6) is -5.21. The molecule has 23 heavy (non-hydrogen) atoms. The Bertz CT molecular complexity index is 825. The van der Waals surface area contributed by atoms with Crippen LogP contribution in [0, 0.1) is 17.5 Å². The highest BCUT2D eigenvalue weighted by molar-refractivity contribution is 7.92. The van der Waals surface area contributed by atoms with Gasteiger partial charge in [0.05, 0.1) is 16.1 Å². The summed E-state index contributed by atoms with van der Waals surface area (Å²) < 4.78 is 103. The normalized spacial score (nSPS) is 12.3. The molecule has 0 radical (unpaired) electrons. The maximum absolute atomic E-state index is 13.1. The third-order valence-electron chi connectivity index (χ3n) is 2.72. The van der Waals surface area contributed by atoms with E-state index >= 15 is 0 Å². The fourth-order valence-electron chi connectivity index (χ4n) is 1.76. The molecule has 2 aromatic rings. The van der Waals surface area contributed by atoms with Crippen molar-refractivity contribution in [3.8, 4) is 0 Å². The first-order valence-corrected chi connectivity index (χ1v) is 7.34. The molecule has 0 unspecified atom stereocenters. The van der Waals surface area contributed by atoms with Gasteiger partial charge in [-0.25, -0.2) is 21.6 Å². The van der Waals surface area contributed by atoms with E-state index in [0.29, 0.717) is 24.3 Å². The maximum Gasteiger partial charge on any atom is 0.417 e. The highest BCUT2D eigenvalue weighted by Crippen LogP contribution is 2.34. The second-order valence-corrected chi connectivity index (χ2v) is 6.00. The highest BCUT2D eigenvalue weighted by atomic mass is 32.2. The molecule has 124 valence electrons. The van der Waals surface area contributed by atoms with E-state index in [4.69, 9.17) is 0 Å². The average molecular weight is 355 g/mol. The van der Waals surface area contributed by atoms with Crippen LogP contribution in [-0.2, 0) is 16.2 Å². The van der Waals surface area contributed by atoms with E-state index in [0.717, 1.165) is 12.1 Å². The van der Waals surface area contributed by atoms with Gasteiger partial charge >= 0.3 is 6.18 Å². The second kappa shape index (κ2) is 5.76. The van der Waals surface area contributed by atoms with Crippen LogP contribution in [0.1, 0.15) is 5.56 Å². The summed E-state index contributed by atoms with van der Waals surface area (Å²) in [5, 5.41) is 0. The number of alkyl halides is 3. The van der Waals surface area contributed by atoms with E-state index in [-0.39, 0.29) is 0 Å². The lowest BCUT2D eigenvalue weighted by molar-refractivity contribution is -0.139. The Kier molecular flexibility index (Phi) is 4.29. The van der Waals surface area contributed by atoms with Gasteiger partial charge in [-0.2, -0.15) is 13.2 Å². The van der Waals surface area contributed by atoms with Gasteiger partial charge in [-0.05, 0) is 12.1 Å². The van der Waals surface area contributed by atoms with Crippen molar-refractivity contribution in [3.63, 3.8) is 0 Å². The second-order valence-electron chi connectivity index (χ2n) is 4.35. The summed E-state index contributed by atoms with van der Waals surface area (Å²) in [6.45, 7) is 0. The van der Waals surface area contributed by atoms with Gasteiger partial charge in [0.1, 0.15) is 0 Å². The predicted octanol–water partition coefficient (Wildman–Crippen LogP) is 3.92. The van der Waals surface area contributed by atoms with Crippen LogP contribution in [0.15, 0.2) is 41.3 Å². The van der Waals surface area contributed by atoms with Crippen LogP contribution in [0.2, 0.25) is 0 Å². The minimum Gasteiger partial charge on any atom is -0.279 e. The van der Waals surface area contributed by atoms with E-state index in [9.17, 15) is 34.8 Å². The minimum atomic E-state index is -4.95. The van der Waals surface area contributed by atoms with Crippen LogP contribution in [0.3, 0.4) is 0 Å². The van der Waals surface area contributed by atoms with Gasteiger partial charge in [0.15, 0.2) is 17.5 Å². The summed E-state index contributed by atoms with van der Waals surface area (Å²) in [5.41, 5.74) is -2.20. The molecule has 0 atom stereocenters. The van der Waals surface area contributed by atoms with Crippen LogP contribution in [-0.4, -0.2) is 8.42 Å². The quantitative estimate of drug-likeness (QED) is 0.670. The van der Waals surface area contributed by atoms with Gasteiger partial charge in [0.25, 0.3) is 10.0 Å². The zero-order valence-corrected chi connectivity index (χ0v) is 11.8. The van der Waals surface area contributed by atoms with E-state index in [1.807, 2.05) is 0 Å². The molecule has 0 saturated heterocycles. The third kappa shape index (κ3) is 3.58. The van der Waals surface area contributed by atoms with Gasteiger partial charge in [0.2, 0.25) is 0 Å². The van der Waals surface area contributed by atoms with Crippen molar-refractivity contribution >= 4 is 15.7 Å². The van der Waals surface area contributed by atoms with E-state index < -0.39 is 49.8 Å². The summed E-state index contributed by atoms with van der Waals surface area (Å²) in [6, 6.07) is 3.88. The fourth-order valence-corrected chi connectivity index (χ4v) is 3.03. The monoisotopic (exact) mass is 355 g/mol. The fraction of sp³-hybridized carbons (Fsp3) is 0.0769. The number of rotatable bonds is 3. The first kappa shape index (κ1) is 17.1. The van der Waals surface area contributed by atoms with Crippen LogP contribution >= 0.6 is 0 Å². The largest absolute Gasteiger partial charge is 0.417 e. The molecule has 0 aliphatic rings. The van der Waals surface area contributed by atoms with Gasteiger partial charge in [0, 0.05) is 12.1 Å². The van der Waals surface area contributed by atoms with Crippen molar-refractivity contribution in [1.29, 1.82) is 0 Å². The minimum absolute atomic E-state index is 0.312. The van der Waals surface area contributed by atoms with Crippen LogP contribution in [0.4, 0.5) is 32.0 Å². The molecule has 0 spiro atoms. The van der Waals surface area contributed by atoms with Crippen molar-refractivity contribution in [2.75, 3.05) is 4.72 Å². The zero-order chi connectivity index (χ0) is 17.4. The third-order valence-corrected chi connectivity index (χ3v) is 4.16. The first-order chi connectivity index (χ1) is 10.5. The Labute approximate surface area is 126 Å². The summed E-state index contributed by atoms with van der Waals surface area (Å²) in [7, 11) is -4.80. The van der Waals surface area contributed by atoms with E-state index in [1.165, 1.54) is 0 Å². The molecule has 0 saturated carbocycles. The molecule has 0 heterocycles. The number of nitrogens with one attached hydrogen (secondary N) is 1. The molecule has 0 bridgehead atoms. The Balaban J connectivity index is 2.49. The number of benzene rings is 2. The predicted molar refractivity (Wildman–Crippen MR) is 68.6 cm³/mol. The van der Waals surface area contributed by atoms with Crippen molar-refractivity contribution in [1.82, 2.24) is 0 Å². The van der Waals surface area contributed by atoms with Gasteiger partial charge in [-0.3, -0.25) is 4.72 Å². The lowest BCUT2D eigenvalue weighted by Gasteiger charge is -2.14. The summed E-state index contributed by atoms with van der Waals surface area (Å²) in [6.07, 6.45) is -4.95. The van der Waals surface area contributed by atoms with Crippen molar-refractivity contribution in [2.45, 2.75) is 11.1 Å². The number of anilines is 1. The maximum atomic E-state index is 13.1. The summed E-state index contributed by atoms with van der Waals surface area (Å²) in [4.78, 5) is -1.13. The first-order valence-electron chi connectivity index (χ1n) is 5.86. The van der Waals surface area contributed by atoms with E-state index in [1.54, 1.807) is 4.72 Å². The lowest BCUT2D eigenvalue weighted by atomic mass is 10.2. The molecular weight excluding hydrogens is 348 g/mol. The van der Waals surface area contributed by atoms with Gasteiger partial charge < -0.3 is 0 Å². The van der Waals surface area contributed by atoms with Crippen LogP contribution in [0.25, 0.3) is 0 Å². The Morgan fingerprint density at radius 2 is 1.43 bits per heavy atom. The van der Waals surface area contributed by atoms with Crippen molar-refractivity contribution in [2.24, 2.45) is 0 Å². The Morgan fingerprint density at radius 3 is 1.96 bits per heavy atom. The Morgan fingerprint density at radius 1 is 0.913 bits per heavy atom. The van der Waals surface area contributed by atoms with Crippen molar-refractivity contribution < 1.29 is 34.8 Å². The molecule has 1 N–H and O–H groups in total. The molecule has 0 aliphatic heterocycles. The highest BCUT2D eigenvalue weighted by Gasteiger charge is 2.37. The average Bonchev–Trinajstić information content (AvgIpc) is 2.43. The molecule has 2 rings (SSSR count). The standard InChI is InChI=1S/C13H7F6NO2S/c14-9-5-7(6-10(15)12(9)16)20-23(21,22)11-4-2-1-3-8(11)13(17,18)19/h1-6,20H. The smallest absolute Gasteiger partial charge is 0.279 e. The van der Waals surface area contributed by atoms with Gasteiger partial charge in [-0.15, -0.1) is 0 Å². The van der Waals surface area contributed by atoms with Gasteiger partial charge in [-0.1, -0.05) is 12.1 Å². The number of halogens is 6. The molecular formula is C13H7F6NO2S. The van der Waals surface area contributed by atoms with Crippen molar-refractivity contribution in [3.05, 3.63) is 59.4 Å². The lowest BCUT2D eigenvalue weighted by Crippen LogP contribution is -2.19. The molecule has 0 aliphatic carbocycles. The molecule has 10 heteroatoms. The summed E-state index contributed by atoms with van der Waals surface area (Å²) >= 11 is 0. The van der Waals surface area contributed by atoms with Crippen LogP contribution < -0.4 is 4.72 Å². The molecule has 0 aromatic heterocycles. The topological polar surface area (TPSA) is 46.2 Å². The number of hydrogen-bond acceptors (Lipinski definition) is 2. The number of hydrogen-bond donors (Lipinski definition) is 1. The number of sulfonamides is 1. The molecule has 3 nitrogen and oxygen atoms in total. The molecule has 2 aromatic carbocycles. The zero-order valence-electron chi connectivity index (χ0n) is 11.0. The SMILES string of the molecule is O=S(=O)(Nc1cc(F)c(F)c(F)c1)c1ccccc1C(F)(F)F. The molecule has 0 fully saturated rings.